The molecule has 1 amide bonds. The lowest BCUT2D eigenvalue weighted by molar-refractivity contribution is -0.115. The van der Waals surface area contributed by atoms with E-state index < -0.39 is 0 Å². The minimum Gasteiger partial charge on any atom is -0.488 e. The van der Waals surface area contributed by atoms with E-state index in [0.717, 1.165) is 26.9 Å². The Labute approximate surface area is 219 Å². The Morgan fingerprint density at radius 1 is 1.06 bits per heavy atom. The summed E-state index contributed by atoms with van der Waals surface area (Å²) < 4.78 is 6.65. The van der Waals surface area contributed by atoms with Crippen molar-refractivity contribution in [1.29, 1.82) is 0 Å². The maximum absolute atomic E-state index is 12.4. The Bertz CT molecular complexity index is 1310. The van der Waals surface area contributed by atoms with Gasteiger partial charge in [0.15, 0.2) is 5.17 Å². The van der Waals surface area contributed by atoms with Crippen molar-refractivity contribution in [3.8, 4) is 5.75 Å². The van der Waals surface area contributed by atoms with Crippen molar-refractivity contribution in [2.75, 3.05) is 0 Å². The first kappa shape index (κ1) is 24.2. The second-order valence-corrected chi connectivity index (χ2v) is 10.2. The quantitative estimate of drug-likeness (QED) is 0.309. The molecular formula is C24H16BrCl3N2O2S. The van der Waals surface area contributed by atoms with Gasteiger partial charge in [-0.25, -0.2) is 4.99 Å². The highest BCUT2D eigenvalue weighted by atomic mass is 79.9. The fourth-order valence-electron chi connectivity index (χ4n) is 2.97. The first-order chi connectivity index (χ1) is 15.8. The van der Waals surface area contributed by atoms with Crippen molar-refractivity contribution in [2.45, 2.75) is 13.5 Å². The normalized spacial score (nSPS) is 15.8. The topological polar surface area (TPSA) is 50.7 Å². The van der Waals surface area contributed by atoms with E-state index in [-0.39, 0.29) is 5.91 Å². The number of nitrogens with one attached hydrogen (secondary N) is 1. The van der Waals surface area contributed by atoms with E-state index in [1.807, 2.05) is 49.4 Å². The molecule has 1 saturated heterocycles. The molecule has 0 unspecified atom stereocenters. The number of nitrogens with zero attached hydrogens (tertiary/aromatic N) is 1. The van der Waals surface area contributed by atoms with Crippen LogP contribution in [0.5, 0.6) is 5.75 Å². The molecule has 0 spiro atoms. The zero-order valence-electron chi connectivity index (χ0n) is 17.2. The van der Waals surface area contributed by atoms with Gasteiger partial charge in [0.2, 0.25) is 0 Å². The summed E-state index contributed by atoms with van der Waals surface area (Å²) in [5, 5.41) is 4.93. The van der Waals surface area contributed by atoms with Crippen LogP contribution in [0.25, 0.3) is 6.08 Å². The number of amides is 1. The average Bonchev–Trinajstić information content (AvgIpc) is 3.12. The van der Waals surface area contributed by atoms with E-state index in [1.165, 1.54) is 11.8 Å². The molecule has 3 aromatic carbocycles. The summed E-state index contributed by atoms with van der Waals surface area (Å²) in [6.07, 6.45) is 1.81. The molecule has 1 heterocycles. The highest BCUT2D eigenvalue weighted by Gasteiger charge is 2.24. The number of hydrogen-bond acceptors (Lipinski definition) is 4. The molecule has 0 radical (unpaired) electrons. The van der Waals surface area contributed by atoms with Crippen molar-refractivity contribution >= 4 is 85.3 Å². The Kier molecular flexibility index (Phi) is 7.72. The van der Waals surface area contributed by atoms with E-state index in [4.69, 9.17) is 39.5 Å². The average molecular weight is 583 g/mol. The molecule has 0 aromatic heterocycles. The molecule has 9 heteroatoms. The predicted octanol–water partition coefficient (Wildman–Crippen LogP) is 8.19. The summed E-state index contributed by atoms with van der Waals surface area (Å²) in [5.41, 5.74) is 3.34. The number of halogens is 4. The van der Waals surface area contributed by atoms with E-state index in [9.17, 15) is 4.79 Å². The monoisotopic (exact) mass is 580 g/mol. The summed E-state index contributed by atoms with van der Waals surface area (Å²) in [4.78, 5) is 17.5. The van der Waals surface area contributed by atoms with Crippen LogP contribution in [0, 0.1) is 6.92 Å². The zero-order valence-corrected chi connectivity index (χ0v) is 21.8. The highest BCUT2D eigenvalue weighted by molar-refractivity contribution is 9.10. The molecule has 0 saturated carbocycles. The molecule has 1 N–H and O–H groups in total. The van der Waals surface area contributed by atoms with Gasteiger partial charge < -0.3 is 10.1 Å². The third kappa shape index (κ3) is 5.94. The van der Waals surface area contributed by atoms with Crippen LogP contribution >= 0.6 is 62.5 Å². The lowest BCUT2D eigenvalue weighted by Gasteiger charge is -2.10. The molecule has 4 nitrogen and oxygen atoms in total. The van der Waals surface area contributed by atoms with Gasteiger partial charge in [-0.3, -0.25) is 4.79 Å². The van der Waals surface area contributed by atoms with Crippen molar-refractivity contribution in [1.82, 2.24) is 5.32 Å². The molecule has 1 aliphatic heterocycles. The Balaban J connectivity index is 1.47. The van der Waals surface area contributed by atoms with Gasteiger partial charge in [0, 0.05) is 5.02 Å². The van der Waals surface area contributed by atoms with E-state index in [0.29, 0.717) is 37.5 Å². The third-order valence-electron chi connectivity index (χ3n) is 4.74. The summed E-state index contributed by atoms with van der Waals surface area (Å²) >= 11 is 23.0. The van der Waals surface area contributed by atoms with Gasteiger partial charge in [-0.05, 0) is 93.8 Å². The number of amidine groups is 1. The lowest BCUT2D eigenvalue weighted by atomic mass is 10.2. The summed E-state index contributed by atoms with van der Waals surface area (Å²) in [6.45, 7) is 2.24. The fourth-order valence-corrected chi connectivity index (χ4v) is 4.81. The smallest absolute Gasteiger partial charge is 0.264 e. The zero-order chi connectivity index (χ0) is 23.5. The van der Waals surface area contributed by atoms with Crippen molar-refractivity contribution in [2.24, 2.45) is 4.99 Å². The number of aliphatic imine (C=N–C) groups is 1. The summed E-state index contributed by atoms with van der Waals surface area (Å²) in [6, 6.07) is 16.5. The lowest BCUT2D eigenvalue weighted by Crippen LogP contribution is -2.19. The van der Waals surface area contributed by atoms with Crippen molar-refractivity contribution in [3.63, 3.8) is 0 Å². The second kappa shape index (κ2) is 10.5. The van der Waals surface area contributed by atoms with Gasteiger partial charge in [-0.1, -0.05) is 53.0 Å². The van der Waals surface area contributed by atoms with Gasteiger partial charge in [0.25, 0.3) is 5.91 Å². The van der Waals surface area contributed by atoms with Crippen LogP contribution in [-0.2, 0) is 11.4 Å². The summed E-state index contributed by atoms with van der Waals surface area (Å²) in [7, 11) is 0. The number of carbonyl (C=O) groups is 1. The molecule has 0 atom stereocenters. The van der Waals surface area contributed by atoms with Crippen LogP contribution in [0.3, 0.4) is 0 Å². The van der Waals surface area contributed by atoms with E-state index in [1.54, 1.807) is 18.2 Å². The Hall–Kier alpha value is -1.96. The van der Waals surface area contributed by atoms with Crippen LogP contribution in [-0.4, -0.2) is 11.1 Å². The minimum absolute atomic E-state index is 0.200. The van der Waals surface area contributed by atoms with Crippen molar-refractivity contribution < 1.29 is 9.53 Å². The maximum Gasteiger partial charge on any atom is 0.264 e. The molecule has 3 aromatic rings. The SMILES string of the molecule is Cc1c(Cl)cccc1N=C1NC(=O)/C(=C\c2ccc(OCc3ccc(Cl)c(Cl)c3)c(Br)c2)S1. The van der Waals surface area contributed by atoms with Crippen molar-refractivity contribution in [3.05, 3.63) is 95.7 Å². The molecule has 1 fully saturated rings. The first-order valence-electron chi connectivity index (χ1n) is 9.71. The molecule has 168 valence electrons. The van der Waals surface area contributed by atoms with Crippen LogP contribution in [0.4, 0.5) is 5.69 Å². The first-order valence-corrected chi connectivity index (χ1v) is 12.5. The van der Waals surface area contributed by atoms with Gasteiger partial charge >= 0.3 is 0 Å². The van der Waals surface area contributed by atoms with Gasteiger partial charge in [-0.15, -0.1) is 0 Å². The Morgan fingerprint density at radius 3 is 2.64 bits per heavy atom. The van der Waals surface area contributed by atoms with Gasteiger partial charge in [-0.2, -0.15) is 0 Å². The standard InChI is InChI=1S/C24H16BrCl3N2O2S/c1-13-17(26)3-2-4-20(13)29-24-30-23(31)22(33-24)11-14-6-8-21(16(25)9-14)32-12-15-5-7-18(27)19(28)10-15/h2-11H,12H2,1H3,(H,29,30,31)/b22-11+. The molecular weight excluding hydrogens is 567 g/mol. The summed E-state index contributed by atoms with van der Waals surface area (Å²) in [5.74, 6) is 0.472. The number of ether oxygens (including phenoxy) is 1. The number of benzene rings is 3. The van der Waals surface area contributed by atoms with E-state index >= 15 is 0 Å². The van der Waals surface area contributed by atoms with Crippen LogP contribution in [0.2, 0.25) is 15.1 Å². The van der Waals surface area contributed by atoms with Crippen LogP contribution in [0.1, 0.15) is 16.7 Å². The number of carbonyl (C=O) groups excluding carboxylic acids is 1. The minimum atomic E-state index is -0.200. The number of rotatable bonds is 5. The molecule has 33 heavy (non-hydrogen) atoms. The molecule has 0 bridgehead atoms. The fraction of sp³-hybridized carbons (Fsp3) is 0.0833. The van der Waals surface area contributed by atoms with Gasteiger partial charge in [0.05, 0.1) is 25.1 Å². The predicted molar refractivity (Wildman–Crippen MR) is 142 cm³/mol. The molecule has 4 rings (SSSR count). The van der Waals surface area contributed by atoms with Crippen LogP contribution < -0.4 is 10.1 Å². The number of hydrogen-bond donors (Lipinski definition) is 1. The number of thioether (sulfide) groups is 1. The second-order valence-electron chi connectivity index (χ2n) is 7.09. The Morgan fingerprint density at radius 2 is 1.88 bits per heavy atom. The third-order valence-corrected chi connectivity index (χ3v) is 7.42. The van der Waals surface area contributed by atoms with E-state index in [2.05, 4.69) is 26.2 Å². The molecule has 1 aliphatic rings. The maximum atomic E-state index is 12.4. The molecule has 0 aliphatic carbocycles. The largest absolute Gasteiger partial charge is 0.488 e. The van der Waals surface area contributed by atoms with Gasteiger partial charge in [0.1, 0.15) is 12.4 Å². The van der Waals surface area contributed by atoms with Crippen LogP contribution in [0.15, 0.2) is 69.0 Å². The highest BCUT2D eigenvalue weighted by Crippen LogP contribution is 2.33.